The Morgan fingerprint density at radius 2 is 2.12 bits per heavy atom. The maximum atomic E-state index is 12.4. The third kappa shape index (κ3) is 4.22. The van der Waals surface area contributed by atoms with Crippen LogP contribution in [0.3, 0.4) is 0 Å². The van der Waals surface area contributed by atoms with Gasteiger partial charge in [0.2, 0.25) is 15.2 Å². The Hall–Kier alpha value is -2.40. The summed E-state index contributed by atoms with van der Waals surface area (Å²) < 4.78 is 26.7. The predicted octanol–water partition coefficient (Wildman–Crippen LogP) is 2.98. The maximum absolute atomic E-state index is 12.4. The van der Waals surface area contributed by atoms with E-state index in [4.69, 9.17) is 0 Å². The summed E-state index contributed by atoms with van der Waals surface area (Å²) in [6.45, 7) is 3.57. The second-order valence-electron chi connectivity index (χ2n) is 5.05. The zero-order valence-electron chi connectivity index (χ0n) is 13.4. The number of thiophene rings is 1. The average Bonchev–Trinajstić information content (AvgIpc) is 3.31. The summed E-state index contributed by atoms with van der Waals surface area (Å²) in [7, 11) is -3.70. The van der Waals surface area contributed by atoms with Crippen LogP contribution >= 0.6 is 22.7 Å². The van der Waals surface area contributed by atoms with Gasteiger partial charge in [0.25, 0.3) is 5.91 Å². The number of nitrogens with zero attached hydrogens (tertiary/aromatic N) is 2. The summed E-state index contributed by atoms with van der Waals surface area (Å²) in [5.74, 6) is -0.459. The molecule has 0 aliphatic rings. The average molecular weight is 407 g/mol. The number of amides is 1. The Morgan fingerprint density at radius 1 is 1.27 bits per heavy atom. The number of aromatic nitrogens is 2. The van der Waals surface area contributed by atoms with Gasteiger partial charge < -0.3 is 0 Å². The number of benzene rings is 1. The van der Waals surface area contributed by atoms with Crippen molar-refractivity contribution in [2.75, 3.05) is 11.9 Å². The molecule has 10 heteroatoms. The largest absolute Gasteiger partial charge is 0.296 e. The molecule has 0 saturated heterocycles. The van der Waals surface area contributed by atoms with Crippen LogP contribution in [0.25, 0.3) is 10.6 Å². The molecule has 2 N–H and O–H groups in total. The highest BCUT2D eigenvalue weighted by Gasteiger charge is 2.16. The number of carbonyl (C=O) groups excluding carboxylic acids is 1. The molecule has 26 heavy (non-hydrogen) atoms. The molecule has 3 rings (SSSR count). The van der Waals surface area contributed by atoms with E-state index in [0.717, 1.165) is 5.56 Å². The SMILES string of the molecule is C=CCNS(=O)(=O)c1cccc(C(=O)Nc2nnc(-c3ccsc3)s2)c1. The highest BCUT2D eigenvalue weighted by Crippen LogP contribution is 2.28. The number of nitrogens with one attached hydrogen (secondary N) is 2. The minimum atomic E-state index is -3.70. The molecule has 0 aliphatic heterocycles. The van der Waals surface area contributed by atoms with E-state index in [1.165, 1.54) is 41.7 Å². The molecule has 0 radical (unpaired) electrons. The molecule has 2 aromatic heterocycles. The molecule has 0 atom stereocenters. The van der Waals surface area contributed by atoms with E-state index in [2.05, 4.69) is 26.8 Å². The van der Waals surface area contributed by atoms with Crippen LogP contribution < -0.4 is 10.0 Å². The Morgan fingerprint density at radius 3 is 2.85 bits per heavy atom. The lowest BCUT2D eigenvalue weighted by Gasteiger charge is -2.06. The first kappa shape index (κ1) is 18.4. The number of sulfonamides is 1. The van der Waals surface area contributed by atoms with Crippen LogP contribution in [0.4, 0.5) is 5.13 Å². The van der Waals surface area contributed by atoms with Crippen LogP contribution in [-0.4, -0.2) is 31.1 Å². The molecule has 0 unspecified atom stereocenters. The molecule has 2 heterocycles. The summed E-state index contributed by atoms with van der Waals surface area (Å²) in [6, 6.07) is 7.68. The van der Waals surface area contributed by atoms with Gasteiger partial charge in [-0.05, 0) is 29.6 Å². The van der Waals surface area contributed by atoms with Gasteiger partial charge in [0.15, 0.2) is 0 Å². The number of hydrogen-bond donors (Lipinski definition) is 2. The smallest absolute Gasteiger partial charge is 0.257 e. The van der Waals surface area contributed by atoms with Gasteiger partial charge in [-0.15, -0.1) is 16.8 Å². The van der Waals surface area contributed by atoms with E-state index < -0.39 is 15.9 Å². The monoisotopic (exact) mass is 406 g/mol. The third-order valence-electron chi connectivity index (χ3n) is 3.24. The maximum Gasteiger partial charge on any atom is 0.257 e. The van der Waals surface area contributed by atoms with E-state index in [9.17, 15) is 13.2 Å². The van der Waals surface area contributed by atoms with Gasteiger partial charge >= 0.3 is 0 Å². The summed E-state index contributed by atoms with van der Waals surface area (Å²) in [5.41, 5.74) is 1.15. The first-order valence-electron chi connectivity index (χ1n) is 7.37. The van der Waals surface area contributed by atoms with Crippen molar-refractivity contribution in [3.8, 4) is 10.6 Å². The summed E-state index contributed by atoms with van der Waals surface area (Å²) in [4.78, 5) is 12.4. The molecular formula is C16H14N4O3S3. The van der Waals surface area contributed by atoms with Crippen molar-refractivity contribution in [2.45, 2.75) is 4.90 Å². The van der Waals surface area contributed by atoms with E-state index in [1.54, 1.807) is 11.3 Å². The highest BCUT2D eigenvalue weighted by molar-refractivity contribution is 7.89. The van der Waals surface area contributed by atoms with Gasteiger partial charge in [0.05, 0.1) is 4.90 Å². The van der Waals surface area contributed by atoms with Crippen molar-refractivity contribution in [3.63, 3.8) is 0 Å². The summed E-state index contributed by atoms with van der Waals surface area (Å²) >= 11 is 2.79. The quantitative estimate of drug-likeness (QED) is 0.588. The Balaban J connectivity index is 1.76. The molecular weight excluding hydrogens is 392 g/mol. The standard InChI is InChI=1S/C16H14N4O3S3/c1-2-7-17-26(22,23)13-5-3-4-11(9-13)14(21)18-16-20-19-15(25-16)12-6-8-24-10-12/h2-6,8-10,17H,1,7H2,(H,18,20,21). The molecule has 0 bridgehead atoms. The molecule has 1 aromatic carbocycles. The Kier molecular flexibility index (Phi) is 5.57. The number of hydrogen-bond acceptors (Lipinski definition) is 7. The lowest BCUT2D eigenvalue weighted by atomic mass is 10.2. The number of carbonyl (C=O) groups is 1. The van der Waals surface area contributed by atoms with Crippen molar-refractivity contribution < 1.29 is 13.2 Å². The van der Waals surface area contributed by atoms with Gasteiger partial charge in [0.1, 0.15) is 5.01 Å². The molecule has 1 amide bonds. The van der Waals surface area contributed by atoms with Gasteiger partial charge in [-0.2, -0.15) is 11.3 Å². The summed E-state index contributed by atoms with van der Waals surface area (Å²) in [6.07, 6.45) is 1.44. The predicted molar refractivity (Wildman–Crippen MR) is 103 cm³/mol. The third-order valence-corrected chi connectivity index (χ3v) is 6.23. The van der Waals surface area contributed by atoms with Crippen molar-refractivity contribution in [1.82, 2.24) is 14.9 Å². The molecule has 0 saturated carbocycles. The van der Waals surface area contributed by atoms with E-state index >= 15 is 0 Å². The highest BCUT2D eigenvalue weighted by atomic mass is 32.2. The molecule has 0 fully saturated rings. The second kappa shape index (κ2) is 7.87. The Bertz CT molecular complexity index is 1030. The molecule has 0 aliphatic carbocycles. The zero-order chi connectivity index (χ0) is 18.6. The number of anilines is 1. The minimum Gasteiger partial charge on any atom is -0.296 e. The van der Waals surface area contributed by atoms with E-state index in [1.807, 2.05) is 16.8 Å². The first-order valence-corrected chi connectivity index (χ1v) is 10.6. The van der Waals surface area contributed by atoms with Gasteiger partial charge in [-0.3, -0.25) is 10.1 Å². The van der Waals surface area contributed by atoms with Gasteiger partial charge in [-0.1, -0.05) is 23.5 Å². The fraction of sp³-hybridized carbons (Fsp3) is 0.0625. The molecule has 7 nitrogen and oxygen atoms in total. The Labute approximate surface area is 158 Å². The van der Waals surface area contributed by atoms with Crippen LogP contribution in [0.15, 0.2) is 58.6 Å². The molecule has 3 aromatic rings. The lowest BCUT2D eigenvalue weighted by Crippen LogP contribution is -2.24. The fourth-order valence-corrected chi connectivity index (χ4v) is 4.50. The van der Waals surface area contributed by atoms with Crippen LogP contribution in [0.5, 0.6) is 0 Å². The van der Waals surface area contributed by atoms with Gasteiger partial charge in [0, 0.05) is 23.1 Å². The van der Waals surface area contributed by atoms with E-state index in [-0.39, 0.29) is 17.0 Å². The van der Waals surface area contributed by atoms with Crippen LogP contribution in [0.1, 0.15) is 10.4 Å². The van der Waals surface area contributed by atoms with Crippen LogP contribution in [0, 0.1) is 0 Å². The van der Waals surface area contributed by atoms with Crippen LogP contribution in [-0.2, 0) is 10.0 Å². The lowest BCUT2D eigenvalue weighted by molar-refractivity contribution is 0.102. The minimum absolute atomic E-state index is 0.00299. The normalized spacial score (nSPS) is 11.2. The zero-order valence-corrected chi connectivity index (χ0v) is 15.8. The topological polar surface area (TPSA) is 101 Å². The molecule has 134 valence electrons. The first-order chi connectivity index (χ1) is 12.5. The fourth-order valence-electron chi connectivity index (χ4n) is 2.00. The second-order valence-corrected chi connectivity index (χ2v) is 8.57. The molecule has 0 spiro atoms. The van der Waals surface area contributed by atoms with Gasteiger partial charge in [-0.25, -0.2) is 13.1 Å². The number of rotatable bonds is 7. The van der Waals surface area contributed by atoms with Crippen molar-refractivity contribution in [3.05, 3.63) is 59.3 Å². The van der Waals surface area contributed by atoms with E-state index in [0.29, 0.717) is 10.1 Å². The van der Waals surface area contributed by atoms with Crippen molar-refractivity contribution in [1.29, 1.82) is 0 Å². The van der Waals surface area contributed by atoms with Crippen LogP contribution in [0.2, 0.25) is 0 Å². The van der Waals surface area contributed by atoms with Crippen molar-refractivity contribution in [2.24, 2.45) is 0 Å². The van der Waals surface area contributed by atoms with Crippen molar-refractivity contribution >= 4 is 43.7 Å². The summed E-state index contributed by atoms with van der Waals surface area (Å²) in [5, 5.41) is 15.5.